The van der Waals surface area contributed by atoms with Crippen molar-refractivity contribution >= 4 is 76.2 Å². The lowest BCUT2D eigenvalue weighted by atomic mass is 9.80. The lowest BCUT2D eigenvalue weighted by Crippen LogP contribution is -2.17. The van der Waals surface area contributed by atoms with E-state index in [2.05, 4.69) is 224 Å². The molecule has 300 valence electrons. The van der Waals surface area contributed by atoms with E-state index in [0.717, 1.165) is 19.3 Å². The summed E-state index contributed by atoms with van der Waals surface area (Å²) >= 11 is 0. The van der Waals surface area contributed by atoms with Crippen LogP contribution in [0.15, 0.2) is 217 Å². The predicted molar refractivity (Wildman–Crippen MR) is 269 cm³/mol. The van der Waals surface area contributed by atoms with E-state index in [0.29, 0.717) is 0 Å². The molecule has 1 aromatic heterocycles. The van der Waals surface area contributed by atoms with Gasteiger partial charge in [0.2, 0.25) is 0 Å². The first-order chi connectivity index (χ1) is 31.2. The second-order valence-corrected chi connectivity index (χ2v) is 17.2. The molecule has 0 aliphatic carbocycles. The Morgan fingerprint density at radius 3 is 1.95 bits per heavy atom. The van der Waals surface area contributed by atoms with E-state index in [-0.39, 0.29) is 12.0 Å². The van der Waals surface area contributed by atoms with Crippen molar-refractivity contribution in [2.75, 3.05) is 0 Å². The topological polar surface area (TPSA) is 17.3 Å². The normalized spacial score (nSPS) is 16.7. The van der Waals surface area contributed by atoms with E-state index in [1.807, 2.05) is 0 Å². The van der Waals surface area contributed by atoms with E-state index < -0.39 is 0 Å². The monoisotopic (exact) mass is 806 g/mol. The third-order valence-corrected chi connectivity index (χ3v) is 13.7. The second kappa shape index (κ2) is 15.4. The SMILES string of the molecule is CCC1/C(c2ccccc2)=C\CCC(c2ccc3c4ccccc4c4cccc(-c5ccc6c(c5)c5ccccc5n6-c5ccc6ccccc6c5)c4c3c2)=NC1c1ccccc1. The van der Waals surface area contributed by atoms with Crippen LogP contribution in [0.3, 0.4) is 0 Å². The van der Waals surface area contributed by atoms with Crippen molar-refractivity contribution in [3.63, 3.8) is 0 Å². The second-order valence-electron chi connectivity index (χ2n) is 17.2. The highest BCUT2D eigenvalue weighted by Crippen LogP contribution is 2.44. The van der Waals surface area contributed by atoms with E-state index in [9.17, 15) is 0 Å². The Morgan fingerprint density at radius 2 is 1.13 bits per heavy atom. The van der Waals surface area contributed by atoms with Crippen LogP contribution < -0.4 is 0 Å². The minimum Gasteiger partial charge on any atom is -0.309 e. The minimum atomic E-state index is 0.000950. The number of aromatic nitrogens is 1. The molecule has 0 bridgehead atoms. The highest BCUT2D eigenvalue weighted by Gasteiger charge is 2.28. The largest absolute Gasteiger partial charge is 0.309 e. The summed E-state index contributed by atoms with van der Waals surface area (Å²) < 4.78 is 2.43. The number of fused-ring (bicyclic) bond motifs is 10. The van der Waals surface area contributed by atoms with Gasteiger partial charge in [0.1, 0.15) is 0 Å². The molecule has 0 N–H and O–H groups in total. The Balaban J connectivity index is 1.06. The number of hydrogen-bond donors (Lipinski definition) is 0. The fourth-order valence-electron chi connectivity index (χ4n) is 10.8. The molecule has 2 unspecified atom stereocenters. The molecule has 2 heterocycles. The molecule has 1 aliphatic heterocycles. The Morgan fingerprint density at radius 1 is 0.476 bits per heavy atom. The molecule has 11 aromatic rings. The molecule has 63 heavy (non-hydrogen) atoms. The quantitative estimate of drug-likeness (QED) is 0.149. The lowest BCUT2D eigenvalue weighted by molar-refractivity contribution is 0.519. The smallest absolute Gasteiger partial charge is 0.0820 e. The van der Waals surface area contributed by atoms with Crippen molar-refractivity contribution in [3.05, 3.63) is 229 Å². The maximum atomic E-state index is 5.81. The summed E-state index contributed by atoms with van der Waals surface area (Å²) in [6.45, 7) is 2.32. The van der Waals surface area contributed by atoms with Crippen LogP contribution in [0.1, 0.15) is 48.9 Å². The van der Waals surface area contributed by atoms with Crippen LogP contribution >= 0.6 is 0 Å². The number of allylic oxidation sites excluding steroid dienone is 1. The van der Waals surface area contributed by atoms with Crippen LogP contribution in [0.2, 0.25) is 0 Å². The maximum absolute atomic E-state index is 5.81. The average molecular weight is 807 g/mol. The van der Waals surface area contributed by atoms with Crippen LogP contribution in [0.25, 0.3) is 87.3 Å². The number of nitrogens with zero attached hydrogens (tertiary/aromatic N) is 2. The molecule has 0 amide bonds. The number of benzene rings is 10. The Kier molecular flexibility index (Phi) is 9.11. The van der Waals surface area contributed by atoms with Gasteiger partial charge in [-0.2, -0.15) is 0 Å². The van der Waals surface area contributed by atoms with Gasteiger partial charge in [-0.25, -0.2) is 0 Å². The average Bonchev–Trinajstić information content (AvgIpc) is 3.68. The van der Waals surface area contributed by atoms with Gasteiger partial charge >= 0.3 is 0 Å². The standard InChI is InChI=1S/C61H46N2/c1-2-47-48(41-18-5-3-6-19-41)26-16-29-57(62-61(47)42-20-7-4-8-21-42)45-32-35-52-50-23-11-12-24-51(50)54-28-15-27-49(60(54)56(52)39-45)44-33-36-59-55(38-44)53-25-13-14-30-58(53)63(59)46-34-31-40-17-9-10-22-43(40)37-46/h3-15,17-28,30-39,47,61H,2,16,29H2,1H3/b48-26-,62-57?. The van der Waals surface area contributed by atoms with Gasteiger partial charge in [0, 0.05) is 28.1 Å². The molecule has 0 saturated heterocycles. The molecule has 2 nitrogen and oxygen atoms in total. The summed E-state index contributed by atoms with van der Waals surface area (Å²) in [5, 5.41) is 12.7. The molecule has 12 rings (SSSR count). The first-order valence-corrected chi connectivity index (χ1v) is 22.5. The van der Waals surface area contributed by atoms with Crippen LogP contribution in [-0.2, 0) is 0 Å². The van der Waals surface area contributed by atoms with Crippen molar-refractivity contribution in [3.8, 4) is 16.8 Å². The first-order valence-electron chi connectivity index (χ1n) is 22.5. The van der Waals surface area contributed by atoms with Gasteiger partial charge < -0.3 is 4.57 Å². The number of hydrogen-bond acceptors (Lipinski definition) is 1. The van der Waals surface area contributed by atoms with Crippen LogP contribution in [0.5, 0.6) is 0 Å². The third-order valence-electron chi connectivity index (χ3n) is 13.7. The fraction of sp³-hybridized carbons (Fsp3) is 0.0984. The summed E-state index contributed by atoms with van der Waals surface area (Å²) in [5.41, 5.74) is 12.4. The minimum absolute atomic E-state index is 0.000950. The van der Waals surface area contributed by atoms with Gasteiger partial charge in [0.15, 0.2) is 0 Å². The molecule has 10 aromatic carbocycles. The van der Waals surface area contributed by atoms with Crippen molar-refractivity contribution in [2.24, 2.45) is 10.9 Å². The summed E-state index contributed by atoms with van der Waals surface area (Å²) in [6, 6.07) is 76.3. The molecule has 0 fully saturated rings. The van der Waals surface area contributed by atoms with Crippen LogP contribution in [0, 0.1) is 5.92 Å². The number of rotatable bonds is 6. The van der Waals surface area contributed by atoms with Gasteiger partial charge in [-0.3, -0.25) is 4.99 Å². The third kappa shape index (κ3) is 6.28. The zero-order valence-electron chi connectivity index (χ0n) is 35.4. The summed E-state index contributed by atoms with van der Waals surface area (Å²) in [6.07, 6.45) is 5.32. The fourth-order valence-corrected chi connectivity index (χ4v) is 10.8. The van der Waals surface area contributed by atoms with E-state index in [4.69, 9.17) is 4.99 Å². The summed E-state index contributed by atoms with van der Waals surface area (Å²) in [4.78, 5) is 5.81. The number of para-hydroxylation sites is 1. The highest BCUT2D eigenvalue weighted by molar-refractivity contribution is 6.29. The van der Waals surface area contributed by atoms with Crippen LogP contribution in [-0.4, -0.2) is 10.3 Å². The van der Waals surface area contributed by atoms with Gasteiger partial charge in [-0.1, -0.05) is 183 Å². The van der Waals surface area contributed by atoms with E-state index in [1.54, 1.807) is 0 Å². The van der Waals surface area contributed by atoms with Crippen molar-refractivity contribution in [1.82, 2.24) is 4.57 Å². The first kappa shape index (κ1) is 37.2. The summed E-state index contributed by atoms with van der Waals surface area (Å²) in [5.74, 6) is 0.254. The Hall–Kier alpha value is -7.55. The molecule has 0 saturated carbocycles. The Bertz CT molecular complexity index is 3610. The van der Waals surface area contributed by atoms with Gasteiger partial charge in [-0.15, -0.1) is 0 Å². The molecule has 0 radical (unpaired) electrons. The molecule has 1 aliphatic rings. The zero-order chi connectivity index (χ0) is 41.9. The van der Waals surface area contributed by atoms with E-state index in [1.165, 1.54) is 110 Å². The molecular formula is C61H46N2. The van der Waals surface area contributed by atoms with Gasteiger partial charge in [-0.05, 0) is 132 Å². The molecular weight excluding hydrogens is 761 g/mol. The van der Waals surface area contributed by atoms with Gasteiger partial charge in [0.25, 0.3) is 0 Å². The molecule has 2 heteroatoms. The highest BCUT2D eigenvalue weighted by atomic mass is 15.0. The number of aliphatic imine (C=N–C) groups is 1. The lowest BCUT2D eigenvalue weighted by Gasteiger charge is -2.29. The van der Waals surface area contributed by atoms with Crippen molar-refractivity contribution in [2.45, 2.75) is 32.2 Å². The zero-order valence-corrected chi connectivity index (χ0v) is 35.4. The predicted octanol–water partition coefficient (Wildman–Crippen LogP) is 16.5. The van der Waals surface area contributed by atoms with Crippen molar-refractivity contribution < 1.29 is 0 Å². The van der Waals surface area contributed by atoms with Crippen molar-refractivity contribution in [1.29, 1.82) is 0 Å². The molecule has 2 atom stereocenters. The van der Waals surface area contributed by atoms with Gasteiger partial charge in [0.05, 0.1) is 17.1 Å². The van der Waals surface area contributed by atoms with Crippen LogP contribution in [0.4, 0.5) is 0 Å². The summed E-state index contributed by atoms with van der Waals surface area (Å²) in [7, 11) is 0. The molecule has 0 spiro atoms. The van der Waals surface area contributed by atoms with E-state index >= 15 is 0 Å². The Labute approximate surface area is 368 Å². The maximum Gasteiger partial charge on any atom is 0.0820 e.